The van der Waals surface area contributed by atoms with Crippen LogP contribution in [0.4, 0.5) is 5.69 Å². The van der Waals surface area contributed by atoms with Crippen molar-refractivity contribution in [2.45, 2.75) is 25.8 Å². The van der Waals surface area contributed by atoms with Crippen LogP contribution in [0.1, 0.15) is 28.8 Å². The monoisotopic (exact) mass is 230 g/mol. The largest absolute Gasteiger partial charge is 0.327 e. The van der Waals surface area contributed by atoms with Gasteiger partial charge < -0.3 is 10.2 Å². The number of amides is 2. The lowest BCUT2D eigenvalue weighted by molar-refractivity contribution is -0.119. The second kappa shape index (κ2) is 3.58. The summed E-state index contributed by atoms with van der Waals surface area (Å²) in [7, 11) is 0. The van der Waals surface area contributed by atoms with Crippen LogP contribution >= 0.6 is 0 Å². The highest BCUT2D eigenvalue weighted by molar-refractivity contribution is 6.10. The molecule has 1 aromatic rings. The highest BCUT2D eigenvalue weighted by Crippen LogP contribution is 2.29. The molecule has 17 heavy (non-hydrogen) atoms. The number of nitrogens with zero attached hydrogens (tertiary/aromatic N) is 1. The fourth-order valence-electron chi connectivity index (χ4n) is 2.60. The van der Waals surface area contributed by atoms with Gasteiger partial charge in [-0.1, -0.05) is 11.6 Å². The predicted molar refractivity (Wildman–Crippen MR) is 63.9 cm³/mol. The lowest BCUT2D eigenvalue weighted by Gasteiger charge is -2.19. The fraction of sp³-hybridized carbons (Fsp3) is 0.385. The minimum Gasteiger partial charge on any atom is -0.327 e. The normalized spacial score (nSPS) is 22.9. The van der Waals surface area contributed by atoms with Crippen molar-refractivity contribution in [3.63, 3.8) is 0 Å². The third-order valence-corrected chi connectivity index (χ3v) is 3.48. The molecule has 1 unspecified atom stereocenters. The van der Waals surface area contributed by atoms with Crippen LogP contribution < -0.4 is 5.32 Å². The summed E-state index contributed by atoms with van der Waals surface area (Å²) in [5.41, 5.74) is 2.28. The van der Waals surface area contributed by atoms with Crippen LogP contribution in [0, 0.1) is 6.92 Å². The maximum absolute atomic E-state index is 12.3. The van der Waals surface area contributed by atoms with Gasteiger partial charge in [-0.25, -0.2) is 0 Å². The number of anilines is 1. The molecule has 2 heterocycles. The lowest BCUT2D eigenvalue weighted by Crippen LogP contribution is -2.40. The number of rotatable bonds is 0. The zero-order valence-electron chi connectivity index (χ0n) is 9.69. The molecule has 1 aromatic carbocycles. The van der Waals surface area contributed by atoms with Crippen LogP contribution in [0.3, 0.4) is 0 Å². The second-order valence-corrected chi connectivity index (χ2v) is 4.69. The van der Waals surface area contributed by atoms with Crippen molar-refractivity contribution >= 4 is 17.5 Å². The summed E-state index contributed by atoms with van der Waals surface area (Å²) in [6.45, 7) is 2.63. The van der Waals surface area contributed by atoms with Crippen LogP contribution in [0.5, 0.6) is 0 Å². The van der Waals surface area contributed by atoms with Crippen LogP contribution in [0.25, 0.3) is 0 Å². The summed E-state index contributed by atoms with van der Waals surface area (Å²) in [4.78, 5) is 26.0. The molecule has 88 valence electrons. The van der Waals surface area contributed by atoms with Gasteiger partial charge in [-0.3, -0.25) is 9.59 Å². The Morgan fingerprint density at radius 3 is 3.00 bits per heavy atom. The molecule has 3 rings (SSSR count). The summed E-state index contributed by atoms with van der Waals surface area (Å²) in [5.74, 6) is -0.0806. The average molecular weight is 230 g/mol. The Morgan fingerprint density at radius 2 is 2.18 bits per heavy atom. The van der Waals surface area contributed by atoms with Crippen LogP contribution in [-0.2, 0) is 4.79 Å². The molecule has 0 saturated carbocycles. The first-order valence-electron chi connectivity index (χ1n) is 5.89. The molecule has 0 bridgehead atoms. The summed E-state index contributed by atoms with van der Waals surface area (Å²) in [5, 5.41) is 2.85. The molecule has 4 heteroatoms. The van der Waals surface area contributed by atoms with E-state index in [1.807, 2.05) is 25.1 Å². The van der Waals surface area contributed by atoms with Crippen molar-refractivity contribution in [1.82, 2.24) is 4.90 Å². The molecule has 0 radical (unpaired) electrons. The van der Waals surface area contributed by atoms with Crippen molar-refractivity contribution in [3.8, 4) is 0 Å². The summed E-state index contributed by atoms with van der Waals surface area (Å²) in [6.07, 6.45) is 1.68. The van der Waals surface area contributed by atoms with Gasteiger partial charge >= 0.3 is 0 Å². The molecule has 2 aliphatic heterocycles. The maximum Gasteiger partial charge on any atom is 0.256 e. The zero-order valence-corrected chi connectivity index (χ0v) is 9.69. The molecule has 1 N–H and O–H groups in total. The van der Waals surface area contributed by atoms with E-state index in [0.29, 0.717) is 17.8 Å². The van der Waals surface area contributed by atoms with E-state index in [1.165, 1.54) is 0 Å². The number of fused-ring (bicyclic) bond motifs is 2. The molecule has 1 saturated heterocycles. The fourth-order valence-corrected chi connectivity index (χ4v) is 2.60. The van der Waals surface area contributed by atoms with E-state index in [4.69, 9.17) is 0 Å². The quantitative estimate of drug-likeness (QED) is 0.735. The smallest absolute Gasteiger partial charge is 0.256 e. The van der Waals surface area contributed by atoms with Crippen molar-refractivity contribution in [2.24, 2.45) is 0 Å². The first kappa shape index (κ1) is 10.3. The summed E-state index contributed by atoms with van der Waals surface area (Å²) in [6, 6.07) is 5.28. The minimum atomic E-state index is -0.282. The number of carbonyl (C=O) groups is 2. The van der Waals surface area contributed by atoms with Gasteiger partial charge in [-0.2, -0.15) is 0 Å². The lowest BCUT2D eigenvalue weighted by atomic mass is 10.1. The molecular weight excluding hydrogens is 216 g/mol. The molecule has 1 atom stereocenters. The number of benzene rings is 1. The van der Waals surface area contributed by atoms with E-state index in [1.54, 1.807) is 4.90 Å². The molecule has 2 amide bonds. The first-order chi connectivity index (χ1) is 8.16. The van der Waals surface area contributed by atoms with Gasteiger partial charge in [-0.05, 0) is 31.9 Å². The van der Waals surface area contributed by atoms with E-state index >= 15 is 0 Å². The van der Waals surface area contributed by atoms with Gasteiger partial charge in [0.15, 0.2) is 0 Å². The van der Waals surface area contributed by atoms with Crippen molar-refractivity contribution < 1.29 is 9.59 Å². The molecule has 0 spiro atoms. The van der Waals surface area contributed by atoms with Crippen molar-refractivity contribution in [2.75, 3.05) is 11.9 Å². The van der Waals surface area contributed by atoms with Crippen LogP contribution in [0.15, 0.2) is 18.2 Å². The number of hydrogen-bond acceptors (Lipinski definition) is 2. The molecule has 1 fully saturated rings. The maximum atomic E-state index is 12.3. The van der Waals surface area contributed by atoms with Crippen LogP contribution in [-0.4, -0.2) is 29.3 Å². The first-order valence-corrected chi connectivity index (χ1v) is 5.89. The summed E-state index contributed by atoms with van der Waals surface area (Å²) < 4.78 is 0. The predicted octanol–water partition coefficient (Wildman–Crippen LogP) is 1.55. The van der Waals surface area contributed by atoms with Gasteiger partial charge in [0.2, 0.25) is 5.91 Å². The number of nitrogens with one attached hydrogen (secondary N) is 1. The van der Waals surface area contributed by atoms with E-state index in [-0.39, 0.29) is 17.9 Å². The Bertz CT molecular complexity index is 510. The standard InChI is InChI=1S/C13H14N2O2/c1-8-4-5-10-9(7-8)13(17)15-6-2-3-11(15)12(16)14-10/h4-5,7,11H,2-3,6H2,1H3,(H,14,16). The highest BCUT2D eigenvalue weighted by Gasteiger charge is 2.38. The van der Waals surface area contributed by atoms with Gasteiger partial charge in [0.1, 0.15) is 6.04 Å². The molecular formula is C13H14N2O2. The van der Waals surface area contributed by atoms with E-state index in [9.17, 15) is 9.59 Å². The van der Waals surface area contributed by atoms with Gasteiger partial charge in [-0.15, -0.1) is 0 Å². The average Bonchev–Trinajstić information content (AvgIpc) is 2.76. The Labute approximate surface area is 99.6 Å². The van der Waals surface area contributed by atoms with E-state index in [0.717, 1.165) is 18.4 Å². The topological polar surface area (TPSA) is 49.4 Å². The number of carbonyl (C=O) groups excluding carboxylic acids is 2. The molecule has 4 nitrogen and oxygen atoms in total. The number of hydrogen-bond donors (Lipinski definition) is 1. The summed E-state index contributed by atoms with van der Waals surface area (Å²) >= 11 is 0. The number of aryl methyl sites for hydroxylation is 1. The zero-order chi connectivity index (χ0) is 12.0. The van der Waals surface area contributed by atoms with Gasteiger partial charge in [0, 0.05) is 6.54 Å². The Morgan fingerprint density at radius 1 is 1.35 bits per heavy atom. The van der Waals surface area contributed by atoms with Crippen molar-refractivity contribution in [3.05, 3.63) is 29.3 Å². The van der Waals surface area contributed by atoms with Gasteiger partial charge in [0.25, 0.3) is 5.91 Å². The van der Waals surface area contributed by atoms with E-state index < -0.39 is 0 Å². The van der Waals surface area contributed by atoms with E-state index in [2.05, 4.69) is 5.32 Å². The third kappa shape index (κ3) is 1.52. The Balaban J connectivity index is 2.12. The van der Waals surface area contributed by atoms with Crippen LogP contribution in [0.2, 0.25) is 0 Å². The molecule has 0 aliphatic carbocycles. The molecule has 0 aromatic heterocycles. The third-order valence-electron chi connectivity index (χ3n) is 3.48. The Hall–Kier alpha value is -1.84. The van der Waals surface area contributed by atoms with Gasteiger partial charge in [0.05, 0.1) is 11.3 Å². The minimum absolute atomic E-state index is 0.0236. The molecule has 2 aliphatic rings. The highest BCUT2D eigenvalue weighted by atomic mass is 16.2. The SMILES string of the molecule is Cc1ccc2c(c1)C(=O)N1CCCC1C(=O)N2. The second-order valence-electron chi connectivity index (χ2n) is 4.69. The van der Waals surface area contributed by atoms with Crippen molar-refractivity contribution in [1.29, 1.82) is 0 Å². The Kier molecular flexibility index (Phi) is 2.18.